The van der Waals surface area contributed by atoms with Gasteiger partial charge >= 0.3 is 0 Å². The highest BCUT2D eigenvalue weighted by Gasteiger charge is 2.19. The molecule has 0 unspecified atom stereocenters. The van der Waals surface area contributed by atoms with Gasteiger partial charge in [-0.3, -0.25) is 0 Å². The Hall–Kier alpha value is -1.48. The van der Waals surface area contributed by atoms with Gasteiger partial charge in [0.15, 0.2) is 11.3 Å². The second-order valence-electron chi connectivity index (χ2n) is 4.97. The fourth-order valence-corrected chi connectivity index (χ4v) is 2.45. The molecule has 1 aromatic heterocycles. The number of hydrogen-bond acceptors (Lipinski definition) is 3. The summed E-state index contributed by atoms with van der Waals surface area (Å²) in [5.74, 6) is 2.25. The number of furan rings is 1. The lowest BCUT2D eigenvalue weighted by Gasteiger charge is -2.06. The Bertz CT molecular complexity index is 555. The van der Waals surface area contributed by atoms with Crippen LogP contribution in [0.2, 0.25) is 0 Å². The van der Waals surface area contributed by atoms with Crippen LogP contribution in [0.15, 0.2) is 16.5 Å². The van der Waals surface area contributed by atoms with Gasteiger partial charge in [-0.2, -0.15) is 0 Å². The van der Waals surface area contributed by atoms with Crippen molar-refractivity contribution >= 4 is 11.0 Å². The monoisotopic (exact) mass is 247 g/mol. The van der Waals surface area contributed by atoms with Gasteiger partial charge in [-0.1, -0.05) is 13.8 Å². The summed E-state index contributed by atoms with van der Waals surface area (Å²) >= 11 is 0. The van der Waals surface area contributed by atoms with Crippen LogP contribution < -0.4 is 10.1 Å². The third-order valence-corrected chi connectivity index (χ3v) is 3.15. The van der Waals surface area contributed by atoms with E-state index < -0.39 is 0 Å². The third kappa shape index (κ3) is 2.10. The lowest BCUT2D eigenvalue weighted by molar-refractivity contribution is 0.406. The van der Waals surface area contributed by atoms with Gasteiger partial charge in [-0.15, -0.1) is 0 Å². The van der Waals surface area contributed by atoms with Crippen LogP contribution in [-0.2, 0) is 6.54 Å². The maximum absolute atomic E-state index is 5.99. The molecular weight excluding hydrogens is 226 g/mol. The Morgan fingerprint density at radius 3 is 2.61 bits per heavy atom. The molecule has 18 heavy (non-hydrogen) atoms. The SMILES string of the molecule is CNCc1oc2c(OC)cc(C)cc2c1C(C)C. The largest absolute Gasteiger partial charge is 0.493 e. The van der Waals surface area contributed by atoms with Gasteiger partial charge in [0.2, 0.25) is 0 Å². The summed E-state index contributed by atoms with van der Waals surface area (Å²) in [6, 6.07) is 4.19. The Balaban J connectivity index is 2.75. The number of fused-ring (bicyclic) bond motifs is 1. The standard InChI is InChI=1S/C15H21NO2/c1-9(2)14-11-6-10(3)7-12(17-5)15(11)18-13(14)8-16-4/h6-7,9,16H,8H2,1-5H3. The Kier molecular flexibility index (Phi) is 3.62. The minimum absolute atomic E-state index is 0.432. The maximum Gasteiger partial charge on any atom is 0.176 e. The van der Waals surface area contributed by atoms with Crippen molar-refractivity contribution in [3.05, 3.63) is 29.0 Å². The van der Waals surface area contributed by atoms with Gasteiger partial charge in [0, 0.05) is 10.9 Å². The topological polar surface area (TPSA) is 34.4 Å². The van der Waals surface area contributed by atoms with Crippen molar-refractivity contribution in [2.75, 3.05) is 14.2 Å². The molecular formula is C15H21NO2. The van der Waals surface area contributed by atoms with Gasteiger partial charge < -0.3 is 14.5 Å². The fourth-order valence-electron chi connectivity index (χ4n) is 2.45. The lowest BCUT2D eigenvalue weighted by Crippen LogP contribution is -2.06. The number of methoxy groups -OCH3 is 1. The predicted molar refractivity (Wildman–Crippen MR) is 74.4 cm³/mol. The number of benzene rings is 1. The summed E-state index contributed by atoms with van der Waals surface area (Å²) in [6.45, 7) is 7.21. The Morgan fingerprint density at radius 2 is 2.06 bits per heavy atom. The highest BCUT2D eigenvalue weighted by molar-refractivity contribution is 5.88. The minimum atomic E-state index is 0.432. The van der Waals surface area contributed by atoms with Crippen molar-refractivity contribution < 1.29 is 9.15 Å². The minimum Gasteiger partial charge on any atom is -0.493 e. The van der Waals surface area contributed by atoms with E-state index >= 15 is 0 Å². The first-order valence-electron chi connectivity index (χ1n) is 6.33. The molecule has 1 N–H and O–H groups in total. The maximum atomic E-state index is 5.99. The van der Waals surface area contributed by atoms with Crippen LogP contribution in [0.1, 0.15) is 36.7 Å². The molecule has 0 aliphatic carbocycles. The number of aryl methyl sites for hydroxylation is 1. The van der Waals surface area contributed by atoms with E-state index in [0.29, 0.717) is 5.92 Å². The summed E-state index contributed by atoms with van der Waals surface area (Å²) in [5, 5.41) is 4.33. The van der Waals surface area contributed by atoms with Crippen LogP contribution in [0.3, 0.4) is 0 Å². The Morgan fingerprint density at radius 1 is 1.33 bits per heavy atom. The zero-order chi connectivity index (χ0) is 13.3. The van der Waals surface area contributed by atoms with Crippen LogP contribution in [0.25, 0.3) is 11.0 Å². The second-order valence-corrected chi connectivity index (χ2v) is 4.97. The van der Waals surface area contributed by atoms with Gasteiger partial charge in [0.1, 0.15) is 5.76 Å². The molecule has 3 heteroatoms. The molecule has 0 aliphatic heterocycles. The summed E-state index contributed by atoms with van der Waals surface area (Å²) in [6.07, 6.45) is 0. The van der Waals surface area contributed by atoms with E-state index in [-0.39, 0.29) is 0 Å². The van der Waals surface area contributed by atoms with Gasteiger partial charge in [-0.25, -0.2) is 0 Å². The molecule has 3 nitrogen and oxygen atoms in total. The van der Waals surface area contributed by atoms with E-state index in [1.165, 1.54) is 16.5 Å². The number of hydrogen-bond donors (Lipinski definition) is 1. The van der Waals surface area contributed by atoms with E-state index in [1.807, 2.05) is 13.1 Å². The molecule has 0 atom stereocenters. The van der Waals surface area contributed by atoms with Gasteiger partial charge in [0.25, 0.3) is 0 Å². The average Bonchev–Trinajstić information content (AvgIpc) is 2.66. The molecule has 0 spiro atoms. The second kappa shape index (κ2) is 5.02. The normalized spacial score (nSPS) is 11.4. The zero-order valence-electron chi connectivity index (χ0n) is 11.8. The number of nitrogens with one attached hydrogen (secondary N) is 1. The van der Waals surface area contributed by atoms with E-state index in [4.69, 9.17) is 9.15 Å². The molecule has 0 saturated carbocycles. The van der Waals surface area contributed by atoms with Crippen LogP contribution in [-0.4, -0.2) is 14.2 Å². The summed E-state index contributed by atoms with van der Waals surface area (Å²) in [4.78, 5) is 0. The van der Waals surface area contributed by atoms with Gasteiger partial charge in [-0.05, 0) is 37.6 Å². The highest BCUT2D eigenvalue weighted by Crippen LogP contribution is 2.37. The highest BCUT2D eigenvalue weighted by atomic mass is 16.5. The van der Waals surface area contributed by atoms with Gasteiger partial charge in [0.05, 0.1) is 13.7 Å². The average molecular weight is 247 g/mol. The molecule has 0 amide bonds. The van der Waals surface area contributed by atoms with E-state index in [9.17, 15) is 0 Å². The van der Waals surface area contributed by atoms with Crippen LogP contribution in [0, 0.1) is 6.92 Å². The van der Waals surface area contributed by atoms with Crippen molar-refractivity contribution in [2.45, 2.75) is 33.2 Å². The first kappa shape index (κ1) is 13.0. The lowest BCUT2D eigenvalue weighted by atomic mass is 9.98. The smallest absolute Gasteiger partial charge is 0.176 e. The molecule has 0 radical (unpaired) electrons. The molecule has 1 aromatic carbocycles. The molecule has 98 valence electrons. The van der Waals surface area contributed by atoms with E-state index in [2.05, 4.69) is 32.2 Å². The molecule has 0 fully saturated rings. The van der Waals surface area contributed by atoms with Crippen molar-refractivity contribution in [1.82, 2.24) is 5.32 Å². The zero-order valence-corrected chi connectivity index (χ0v) is 11.8. The predicted octanol–water partition coefficient (Wildman–Crippen LogP) is 3.59. The summed E-state index contributed by atoms with van der Waals surface area (Å²) < 4.78 is 11.4. The summed E-state index contributed by atoms with van der Waals surface area (Å²) in [7, 11) is 3.61. The molecule has 1 heterocycles. The third-order valence-electron chi connectivity index (χ3n) is 3.15. The van der Waals surface area contributed by atoms with Crippen LogP contribution in [0.5, 0.6) is 5.75 Å². The Labute approximate surface area is 108 Å². The van der Waals surface area contributed by atoms with Crippen LogP contribution in [0.4, 0.5) is 0 Å². The van der Waals surface area contributed by atoms with E-state index in [0.717, 1.165) is 23.6 Å². The molecule has 2 aromatic rings. The molecule has 0 aliphatic rings. The van der Waals surface area contributed by atoms with Crippen molar-refractivity contribution in [3.8, 4) is 5.75 Å². The molecule has 0 saturated heterocycles. The quantitative estimate of drug-likeness (QED) is 0.896. The van der Waals surface area contributed by atoms with Crippen molar-refractivity contribution in [1.29, 1.82) is 0 Å². The fraction of sp³-hybridized carbons (Fsp3) is 0.467. The molecule has 0 bridgehead atoms. The van der Waals surface area contributed by atoms with Crippen LogP contribution >= 0.6 is 0 Å². The van der Waals surface area contributed by atoms with E-state index in [1.54, 1.807) is 7.11 Å². The first-order chi connectivity index (χ1) is 8.58. The van der Waals surface area contributed by atoms with Crippen molar-refractivity contribution in [3.63, 3.8) is 0 Å². The summed E-state index contributed by atoms with van der Waals surface area (Å²) in [5.41, 5.74) is 3.33. The number of ether oxygens (including phenoxy) is 1. The number of rotatable bonds is 4. The van der Waals surface area contributed by atoms with Crippen molar-refractivity contribution in [2.24, 2.45) is 0 Å². The molecule has 2 rings (SSSR count). The first-order valence-corrected chi connectivity index (χ1v) is 6.33.